The second-order valence-electron chi connectivity index (χ2n) is 3.82. The zero-order valence-corrected chi connectivity index (χ0v) is 7.80. The molecule has 1 aromatic heterocycles. The number of hydrogen-bond donors (Lipinski definition) is 0. The highest BCUT2D eigenvalue weighted by atomic mass is 16.5. The SMILES string of the molecule is Cc1onc(C(C)(C)C)c1C#N. The lowest BCUT2D eigenvalue weighted by molar-refractivity contribution is 0.375. The molecule has 0 aromatic carbocycles. The Morgan fingerprint density at radius 3 is 2.33 bits per heavy atom. The van der Waals surface area contributed by atoms with Crippen LogP contribution in [0.5, 0.6) is 0 Å². The Morgan fingerprint density at radius 1 is 1.42 bits per heavy atom. The first-order chi connectivity index (χ1) is 5.46. The average molecular weight is 164 g/mol. The molecule has 0 spiro atoms. The van der Waals surface area contributed by atoms with Gasteiger partial charge in [0, 0.05) is 5.41 Å². The fourth-order valence-corrected chi connectivity index (χ4v) is 1.02. The zero-order valence-electron chi connectivity index (χ0n) is 7.80. The first-order valence-electron chi connectivity index (χ1n) is 3.83. The van der Waals surface area contributed by atoms with Crippen LogP contribution in [0.3, 0.4) is 0 Å². The summed E-state index contributed by atoms with van der Waals surface area (Å²) in [4.78, 5) is 0. The van der Waals surface area contributed by atoms with Crippen LogP contribution < -0.4 is 0 Å². The van der Waals surface area contributed by atoms with E-state index >= 15 is 0 Å². The van der Waals surface area contributed by atoms with E-state index in [-0.39, 0.29) is 5.41 Å². The van der Waals surface area contributed by atoms with Crippen LogP contribution in [0.1, 0.15) is 37.8 Å². The summed E-state index contributed by atoms with van der Waals surface area (Å²) < 4.78 is 4.94. The normalized spacial score (nSPS) is 11.2. The van der Waals surface area contributed by atoms with Gasteiger partial charge >= 0.3 is 0 Å². The van der Waals surface area contributed by atoms with Gasteiger partial charge in [0.15, 0.2) is 5.76 Å². The summed E-state index contributed by atoms with van der Waals surface area (Å²) in [5.74, 6) is 0.599. The number of aromatic nitrogens is 1. The Kier molecular flexibility index (Phi) is 1.93. The quantitative estimate of drug-likeness (QED) is 0.590. The third kappa shape index (κ3) is 1.33. The van der Waals surface area contributed by atoms with Crippen molar-refractivity contribution in [3.63, 3.8) is 0 Å². The van der Waals surface area contributed by atoms with Gasteiger partial charge in [0.1, 0.15) is 17.3 Å². The van der Waals surface area contributed by atoms with E-state index in [2.05, 4.69) is 11.2 Å². The summed E-state index contributed by atoms with van der Waals surface area (Å²) in [5.41, 5.74) is 1.19. The third-order valence-electron chi connectivity index (χ3n) is 1.68. The fraction of sp³-hybridized carbons (Fsp3) is 0.556. The van der Waals surface area contributed by atoms with E-state index in [1.54, 1.807) is 6.92 Å². The number of aryl methyl sites for hydroxylation is 1. The van der Waals surface area contributed by atoms with E-state index in [1.807, 2.05) is 20.8 Å². The Balaban J connectivity index is 3.28. The van der Waals surface area contributed by atoms with E-state index in [0.717, 1.165) is 5.69 Å². The summed E-state index contributed by atoms with van der Waals surface area (Å²) in [6, 6.07) is 2.09. The van der Waals surface area contributed by atoms with Crippen molar-refractivity contribution in [2.45, 2.75) is 33.1 Å². The van der Waals surface area contributed by atoms with Crippen LogP contribution in [-0.2, 0) is 5.41 Å². The minimum Gasteiger partial charge on any atom is -0.360 e. The van der Waals surface area contributed by atoms with Gasteiger partial charge in [0.2, 0.25) is 0 Å². The van der Waals surface area contributed by atoms with E-state index in [0.29, 0.717) is 11.3 Å². The summed E-state index contributed by atoms with van der Waals surface area (Å²) in [6.45, 7) is 7.77. The summed E-state index contributed by atoms with van der Waals surface area (Å²) in [7, 11) is 0. The maximum atomic E-state index is 8.80. The van der Waals surface area contributed by atoms with E-state index < -0.39 is 0 Å². The second-order valence-corrected chi connectivity index (χ2v) is 3.82. The molecule has 0 saturated heterocycles. The molecular formula is C9H12N2O. The van der Waals surface area contributed by atoms with Crippen molar-refractivity contribution >= 4 is 0 Å². The van der Waals surface area contributed by atoms with Crippen LogP contribution in [0.2, 0.25) is 0 Å². The smallest absolute Gasteiger partial charge is 0.151 e. The lowest BCUT2D eigenvalue weighted by Gasteiger charge is -2.13. The van der Waals surface area contributed by atoms with Gasteiger partial charge in [0.25, 0.3) is 0 Å². The summed E-state index contributed by atoms with van der Waals surface area (Å²) in [6.07, 6.45) is 0. The molecule has 0 unspecified atom stereocenters. The highest BCUT2D eigenvalue weighted by molar-refractivity contribution is 5.38. The van der Waals surface area contributed by atoms with Crippen LogP contribution in [0.15, 0.2) is 4.52 Å². The Bertz CT molecular complexity index is 325. The molecule has 3 heteroatoms. The predicted octanol–water partition coefficient (Wildman–Crippen LogP) is 2.15. The zero-order chi connectivity index (χ0) is 9.35. The van der Waals surface area contributed by atoms with Crippen LogP contribution in [0.4, 0.5) is 0 Å². The molecule has 0 aliphatic rings. The molecule has 12 heavy (non-hydrogen) atoms. The molecule has 0 fully saturated rings. The highest BCUT2D eigenvalue weighted by Gasteiger charge is 2.24. The van der Waals surface area contributed by atoms with Crippen LogP contribution >= 0.6 is 0 Å². The van der Waals surface area contributed by atoms with Crippen molar-refractivity contribution in [1.29, 1.82) is 5.26 Å². The average Bonchev–Trinajstić information content (AvgIpc) is 2.29. The number of nitrogens with zero attached hydrogens (tertiary/aromatic N) is 2. The van der Waals surface area contributed by atoms with Crippen molar-refractivity contribution in [1.82, 2.24) is 5.16 Å². The van der Waals surface area contributed by atoms with Gasteiger partial charge in [-0.25, -0.2) is 0 Å². The van der Waals surface area contributed by atoms with Crippen LogP contribution in [-0.4, -0.2) is 5.16 Å². The number of hydrogen-bond acceptors (Lipinski definition) is 3. The molecule has 0 aliphatic heterocycles. The van der Waals surface area contributed by atoms with Crippen molar-refractivity contribution in [2.75, 3.05) is 0 Å². The lowest BCUT2D eigenvalue weighted by atomic mass is 9.89. The van der Waals surface area contributed by atoms with Gasteiger partial charge in [-0.05, 0) is 6.92 Å². The summed E-state index contributed by atoms with van der Waals surface area (Å²) >= 11 is 0. The molecule has 1 aromatic rings. The molecule has 0 bridgehead atoms. The second kappa shape index (κ2) is 2.63. The maximum Gasteiger partial charge on any atom is 0.151 e. The topological polar surface area (TPSA) is 49.8 Å². The molecule has 0 radical (unpaired) electrons. The Morgan fingerprint density at radius 2 is 2.00 bits per heavy atom. The molecule has 0 N–H and O–H groups in total. The molecule has 0 aliphatic carbocycles. The van der Waals surface area contributed by atoms with E-state index in [4.69, 9.17) is 9.78 Å². The Hall–Kier alpha value is -1.30. The maximum absolute atomic E-state index is 8.80. The van der Waals surface area contributed by atoms with Crippen molar-refractivity contribution in [2.24, 2.45) is 0 Å². The molecule has 1 heterocycles. The van der Waals surface area contributed by atoms with Gasteiger partial charge < -0.3 is 4.52 Å². The number of nitriles is 1. The minimum absolute atomic E-state index is 0.122. The third-order valence-corrected chi connectivity index (χ3v) is 1.68. The standard InChI is InChI=1S/C9H12N2O/c1-6-7(5-10)8(11-12-6)9(2,3)4/h1-4H3. The predicted molar refractivity (Wildman–Crippen MR) is 44.7 cm³/mol. The molecule has 0 saturated carbocycles. The van der Waals surface area contributed by atoms with Gasteiger partial charge in [-0.3, -0.25) is 0 Å². The first-order valence-corrected chi connectivity index (χ1v) is 3.83. The molecule has 64 valence electrons. The molecule has 1 rings (SSSR count). The van der Waals surface area contributed by atoms with Crippen molar-refractivity contribution in [3.8, 4) is 6.07 Å². The van der Waals surface area contributed by atoms with Gasteiger partial charge in [-0.15, -0.1) is 0 Å². The largest absolute Gasteiger partial charge is 0.360 e. The molecule has 0 atom stereocenters. The fourth-order valence-electron chi connectivity index (χ4n) is 1.02. The van der Waals surface area contributed by atoms with Gasteiger partial charge in [-0.2, -0.15) is 5.26 Å². The van der Waals surface area contributed by atoms with E-state index in [9.17, 15) is 0 Å². The number of rotatable bonds is 0. The highest BCUT2D eigenvalue weighted by Crippen LogP contribution is 2.25. The van der Waals surface area contributed by atoms with Gasteiger partial charge in [0.05, 0.1) is 0 Å². The molecule has 0 amide bonds. The monoisotopic (exact) mass is 164 g/mol. The molecule has 3 nitrogen and oxygen atoms in total. The van der Waals surface area contributed by atoms with Crippen molar-refractivity contribution in [3.05, 3.63) is 17.0 Å². The van der Waals surface area contributed by atoms with Crippen molar-refractivity contribution < 1.29 is 4.52 Å². The van der Waals surface area contributed by atoms with Crippen LogP contribution in [0, 0.1) is 18.3 Å². The minimum atomic E-state index is -0.122. The summed E-state index contributed by atoms with van der Waals surface area (Å²) in [5, 5.41) is 12.7. The van der Waals surface area contributed by atoms with E-state index in [1.165, 1.54) is 0 Å². The first kappa shape index (κ1) is 8.79. The molecular weight excluding hydrogens is 152 g/mol. The Labute approximate surface area is 72.0 Å². The van der Waals surface area contributed by atoms with Crippen LogP contribution in [0.25, 0.3) is 0 Å². The van der Waals surface area contributed by atoms with Gasteiger partial charge in [-0.1, -0.05) is 25.9 Å². The lowest BCUT2D eigenvalue weighted by Crippen LogP contribution is -2.13.